The van der Waals surface area contributed by atoms with Crippen LogP contribution < -0.4 is 14.2 Å². The largest absolute Gasteiger partial charge is 0.493 e. The first-order valence-electron chi connectivity index (χ1n) is 8.28. The van der Waals surface area contributed by atoms with Crippen LogP contribution in [0.15, 0.2) is 72.8 Å². The van der Waals surface area contributed by atoms with Crippen LogP contribution in [0.1, 0.15) is 16.7 Å². The minimum Gasteiger partial charge on any atom is -0.493 e. The molecule has 0 fully saturated rings. The number of methoxy groups -OCH3 is 1. The van der Waals surface area contributed by atoms with E-state index in [1.54, 1.807) is 7.11 Å². The Kier molecular flexibility index (Phi) is 5.57. The third-order valence-electron chi connectivity index (χ3n) is 3.85. The molecule has 0 aromatic heterocycles. The van der Waals surface area contributed by atoms with Crippen molar-refractivity contribution in [2.24, 2.45) is 0 Å². The van der Waals surface area contributed by atoms with E-state index >= 15 is 0 Å². The average Bonchev–Trinajstić information content (AvgIpc) is 2.66. The lowest BCUT2D eigenvalue weighted by molar-refractivity contribution is 0.243. The van der Waals surface area contributed by atoms with Crippen LogP contribution in [0.3, 0.4) is 0 Å². The summed E-state index contributed by atoms with van der Waals surface area (Å²) in [5.41, 5.74) is 3.27. The molecule has 3 rings (SSSR count). The molecule has 0 atom stereocenters. The second-order valence-corrected chi connectivity index (χ2v) is 5.84. The Morgan fingerprint density at radius 2 is 1.20 bits per heavy atom. The van der Waals surface area contributed by atoms with Crippen LogP contribution in [-0.2, 0) is 13.2 Å². The molecule has 3 aromatic carbocycles. The van der Waals surface area contributed by atoms with Crippen molar-refractivity contribution < 1.29 is 14.2 Å². The first-order valence-corrected chi connectivity index (χ1v) is 8.28. The molecular formula is C22H22O3. The maximum absolute atomic E-state index is 6.04. The fourth-order valence-electron chi connectivity index (χ4n) is 2.57. The van der Waals surface area contributed by atoms with Crippen LogP contribution >= 0.6 is 0 Å². The molecule has 0 N–H and O–H groups in total. The maximum Gasteiger partial charge on any atom is 0.203 e. The number of benzene rings is 3. The van der Waals surface area contributed by atoms with Gasteiger partial charge in [0.1, 0.15) is 13.2 Å². The first kappa shape index (κ1) is 16.9. The SMILES string of the molecule is COc1cc(C)cc(OCc2ccccc2)c1OCc1ccccc1. The number of hydrogen-bond donors (Lipinski definition) is 0. The lowest BCUT2D eigenvalue weighted by Crippen LogP contribution is -2.03. The average molecular weight is 334 g/mol. The van der Waals surface area contributed by atoms with Gasteiger partial charge in [0.2, 0.25) is 5.75 Å². The summed E-state index contributed by atoms with van der Waals surface area (Å²) in [6.45, 7) is 2.95. The second kappa shape index (κ2) is 8.25. The van der Waals surface area contributed by atoms with Crippen molar-refractivity contribution in [2.45, 2.75) is 20.1 Å². The Morgan fingerprint density at radius 1 is 0.680 bits per heavy atom. The molecule has 0 amide bonds. The Hall–Kier alpha value is -2.94. The van der Waals surface area contributed by atoms with Crippen molar-refractivity contribution in [2.75, 3.05) is 7.11 Å². The van der Waals surface area contributed by atoms with E-state index in [4.69, 9.17) is 14.2 Å². The number of hydrogen-bond acceptors (Lipinski definition) is 3. The normalized spacial score (nSPS) is 10.3. The summed E-state index contributed by atoms with van der Waals surface area (Å²) >= 11 is 0. The highest BCUT2D eigenvalue weighted by atomic mass is 16.5. The summed E-state index contributed by atoms with van der Waals surface area (Å²) in [5, 5.41) is 0. The van der Waals surface area contributed by atoms with Gasteiger partial charge in [0, 0.05) is 0 Å². The fraction of sp³-hybridized carbons (Fsp3) is 0.182. The molecule has 128 valence electrons. The van der Waals surface area contributed by atoms with Gasteiger partial charge in [-0.1, -0.05) is 60.7 Å². The van der Waals surface area contributed by atoms with E-state index in [-0.39, 0.29) is 0 Å². The van der Waals surface area contributed by atoms with Crippen LogP contribution in [0.25, 0.3) is 0 Å². The third-order valence-corrected chi connectivity index (χ3v) is 3.85. The topological polar surface area (TPSA) is 27.7 Å². The van der Waals surface area contributed by atoms with E-state index in [9.17, 15) is 0 Å². The van der Waals surface area contributed by atoms with Crippen molar-refractivity contribution in [3.8, 4) is 17.2 Å². The standard InChI is InChI=1S/C22H22O3/c1-17-13-20(23-2)22(25-16-19-11-7-4-8-12-19)21(14-17)24-15-18-9-5-3-6-10-18/h3-14H,15-16H2,1-2H3. The van der Waals surface area contributed by atoms with E-state index in [0.717, 1.165) is 16.7 Å². The van der Waals surface area contributed by atoms with Crippen LogP contribution in [-0.4, -0.2) is 7.11 Å². The molecule has 0 aliphatic rings. The van der Waals surface area contributed by atoms with Crippen LogP contribution in [0, 0.1) is 6.92 Å². The van der Waals surface area contributed by atoms with E-state index < -0.39 is 0 Å². The molecule has 0 aliphatic heterocycles. The van der Waals surface area contributed by atoms with Gasteiger partial charge in [-0.3, -0.25) is 0 Å². The minimum absolute atomic E-state index is 0.460. The predicted octanol–water partition coefficient (Wildman–Crippen LogP) is 5.16. The maximum atomic E-state index is 6.04. The summed E-state index contributed by atoms with van der Waals surface area (Å²) in [7, 11) is 1.64. The Labute approximate surface area is 148 Å². The van der Waals surface area contributed by atoms with Crippen LogP contribution in [0.5, 0.6) is 17.2 Å². The zero-order valence-electron chi connectivity index (χ0n) is 14.6. The second-order valence-electron chi connectivity index (χ2n) is 5.84. The number of ether oxygens (including phenoxy) is 3. The van der Waals surface area contributed by atoms with Gasteiger partial charge in [-0.05, 0) is 35.7 Å². The smallest absolute Gasteiger partial charge is 0.203 e. The molecule has 3 aromatic rings. The molecule has 0 radical (unpaired) electrons. The van der Waals surface area contributed by atoms with Crippen molar-refractivity contribution in [1.82, 2.24) is 0 Å². The highest BCUT2D eigenvalue weighted by molar-refractivity contribution is 5.53. The lowest BCUT2D eigenvalue weighted by atomic mass is 10.2. The Bertz CT molecular complexity index is 798. The van der Waals surface area contributed by atoms with Crippen molar-refractivity contribution in [3.05, 3.63) is 89.5 Å². The molecule has 0 spiro atoms. The van der Waals surface area contributed by atoms with Gasteiger partial charge in [0.15, 0.2) is 11.5 Å². The third kappa shape index (κ3) is 4.54. The van der Waals surface area contributed by atoms with Crippen molar-refractivity contribution >= 4 is 0 Å². The van der Waals surface area contributed by atoms with Gasteiger partial charge >= 0.3 is 0 Å². The zero-order valence-corrected chi connectivity index (χ0v) is 14.6. The molecule has 25 heavy (non-hydrogen) atoms. The highest BCUT2D eigenvalue weighted by Gasteiger charge is 2.14. The molecule has 0 saturated heterocycles. The molecule has 0 saturated carbocycles. The van der Waals surface area contributed by atoms with Crippen LogP contribution in [0.4, 0.5) is 0 Å². The molecule has 0 unspecified atom stereocenters. The van der Waals surface area contributed by atoms with E-state index in [0.29, 0.717) is 30.5 Å². The quantitative estimate of drug-likeness (QED) is 0.597. The zero-order chi connectivity index (χ0) is 17.5. The van der Waals surface area contributed by atoms with Gasteiger partial charge in [0.25, 0.3) is 0 Å². The predicted molar refractivity (Wildman–Crippen MR) is 99.3 cm³/mol. The molecule has 0 aliphatic carbocycles. The monoisotopic (exact) mass is 334 g/mol. The highest BCUT2D eigenvalue weighted by Crippen LogP contribution is 2.39. The van der Waals surface area contributed by atoms with Crippen molar-refractivity contribution in [1.29, 1.82) is 0 Å². The summed E-state index contributed by atoms with van der Waals surface area (Å²) in [6, 6.07) is 24.1. The van der Waals surface area contributed by atoms with E-state index in [1.165, 1.54) is 0 Å². The molecular weight excluding hydrogens is 312 g/mol. The summed E-state index contributed by atoms with van der Waals surface area (Å²) in [6.07, 6.45) is 0. The molecule has 0 bridgehead atoms. The summed E-state index contributed by atoms with van der Waals surface area (Å²) < 4.78 is 17.6. The van der Waals surface area contributed by atoms with Crippen molar-refractivity contribution in [3.63, 3.8) is 0 Å². The van der Waals surface area contributed by atoms with E-state index in [2.05, 4.69) is 0 Å². The Balaban J connectivity index is 1.81. The molecule has 3 heteroatoms. The van der Waals surface area contributed by atoms with Gasteiger partial charge in [-0.15, -0.1) is 0 Å². The first-order chi connectivity index (χ1) is 12.3. The van der Waals surface area contributed by atoms with Gasteiger partial charge in [-0.25, -0.2) is 0 Å². The Morgan fingerprint density at radius 3 is 1.76 bits per heavy atom. The summed E-state index contributed by atoms with van der Waals surface area (Å²) in [4.78, 5) is 0. The van der Waals surface area contributed by atoms with Gasteiger partial charge < -0.3 is 14.2 Å². The minimum atomic E-state index is 0.460. The van der Waals surface area contributed by atoms with Gasteiger partial charge in [-0.2, -0.15) is 0 Å². The van der Waals surface area contributed by atoms with Crippen LogP contribution in [0.2, 0.25) is 0 Å². The number of rotatable bonds is 7. The number of aryl methyl sites for hydroxylation is 1. The van der Waals surface area contributed by atoms with E-state index in [1.807, 2.05) is 79.7 Å². The molecule has 3 nitrogen and oxygen atoms in total. The van der Waals surface area contributed by atoms with Gasteiger partial charge in [0.05, 0.1) is 7.11 Å². The lowest BCUT2D eigenvalue weighted by Gasteiger charge is -2.17. The summed E-state index contributed by atoms with van der Waals surface area (Å²) in [5.74, 6) is 2.00. The molecule has 0 heterocycles. The fourth-order valence-corrected chi connectivity index (χ4v) is 2.57.